The summed E-state index contributed by atoms with van der Waals surface area (Å²) in [6.45, 7) is 0. The van der Waals surface area contributed by atoms with Gasteiger partial charge >= 0.3 is 0 Å². The van der Waals surface area contributed by atoms with Crippen LogP contribution in [0.2, 0.25) is 10.0 Å². The van der Waals surface area contributed by atoms with E-state index < -0.39 is 55.9 Å². The second-order valence-corrected chi connectivity index (χ2v) is 16.9. The van der Waals surface area contributed by atoms with Crippen LogP contribution in [0, 0.1) is 11.2 Å². The molecule has 2 bridgehead atoms. The smallest absolute Gasteiger partial charge is 0.238 e. The van der Waals surface area contributed by atoms with E-state index in [1.165, 1.54) is 6.07 Å². The van der Waals surface area contributed by atoms with Gasteiger partial charge in [-0.25, -0.2) is 12.8 Å². The number of halogens is 3. The monoisotopic (exact) mass is 692 g/mol. The number of aliphatic hydroxyl groups excluding tert-OH is 1. The second-order valence-electron chi connectivity index (χ2n) is 14.3. The van der Waals surface area contributed by atoms with Crippen LogP contribution in [0.3, 0.4) is 0 Å². The average Bonchev–Trinajstić information content (AvgIpc) is 3.46. The van der Waals surface area contributed by atoms with Crippen molar-refractivity contribution in [1.29, 1.82) is 0 Å². The summed E-state index contributed by atoms with van der Waals surface area (Å²) in [6.07, 6.45) is 7.04. The van der Waals surface area contributed by atoms with Crippen molar-refractivity contribution in [3.8, 4) is 0 Å². The number of sulfonamides is 1. The molecule has 13 heteroatoms. The zero-order chi connectivity index (χ0) is 32.7. The van der Waals surface area contributed by atoms with E-state index >= 15 is 4.39 Å². The molecule has 1 saturated heterocycles. The van der Waals surface area contributed by atoms with E-state index in [0.717, 1.165) is 25.5 Å². The Morgan fingerprint density at radius 3 is 2.35 bits per heavy atom. The molecule has 2 amide bonds. The molecule has 2 aromatic carbocycles. The maximum absolute atomic E-state index is 16.2. The molecule has 9 nitrogen and oxygen atoms in total. The van der Waals surface area contributed by atoms with Gasteiger partial charge in [0.25, 0.3) is 0 Å². The number of aliphatic hydroxyl groups is 1. The molecule has 5 N–H and O–H groups in total. The Hall–Kier alpha value is -2.28. The molecule has 8 rings (SSSR count). The van der Waals surface area contributed by atoms with Crippen molar-refractivity contribution in [2.75, 3.05) is 11.6 Å². The topological polar surface area (TPSA) is 137 Å². The Morgan fingerprint density at radius 1 is 1.02 bits per heavy atom. The minimum atomic E-state index is -3.60. The van der Waals surface area contributed by atoms with Gasteiger partial charge in [-0.1, -0.05) is 60.7 Å². The predicted octanol–water partition coefficient (Wildman–Crippen LogP) is 4.86. The lowest BCUT2D eigenvalue weighted by molar-refractivity contribution is -0.130. The van der Waals surface area contributed by atoms with Crippen molar-refractivity contribution in [2.45, 2.75) is 105 Å². The van der Waals surface area contributed by atoms with Crippen LogP contribution in [0.15, 0.2) is 36.4 Å². The first kappa shape index (κ1) is 32.3. The van der Waals surface area contributed by atoms with Crippen LogP contribution >= 0.6 is 23.2 Å². The normalized spacial score (nSPS) is 33.6. The third-order valence-electron chi connectivity index (χ3n) is 11.9. The van der Waals surface area contributed by atoms with Crippen molar-refractivity contribution in [3.63, 3.8) is 0 Å². The fourth-order valence-electron chi connectivity index (χ4n) is 9.70. The molecule has 4 atom stereocenters. The number of hydrogen-bond donors (Lipinski definition) is 5. The zero-order valence-corrected chi connectivity index (χ0v) is 27.9. The Bertz CT molecular complexity index is 1690. The van der Waals surface area contributed by atoms with Gasteiger partial charge in [-0.15, -0.1) is 0 Å². The third kappa shape index (κ3) is 4.83. The molecule has 46 heavy (non-hydrogen) atoms. The molecule has 2 aliphatic heterocycles. The van der Waals surface area contributed by atoms with Gasteiger partial charge in [-0.05, 0) is 80.7 Å². The van der Waals surface area contributed by atoms with Gasteiger partial charge in [-0.3, -0.25) is 14.9 Å². The molecule has 4 saturated carbocycles. The Morgan fingerprint density at radius 2 is 1.70 bits per heavy atom. The highest BCUT2D eigenvalue weighted by Crippen LogP contribution is 2.63. The summed E-state index contributed by atoms with van der Waals surface area (Å²) >= 11 is 12.7. The van der Waals surface area contributed by atoms with Crippen LogP contribution in [0.25, 0.3) is 0 Å². The van der Waals surface area contributed by atoms with E-state index in [4.69, 9.17) is 23.2 Å². The molecule has 0 radical (unpaired) electrons. The van der Waals surface area contributed by atoms with E-state index in [-0.39, 0.29) is 22.4 Å². The molecular formula is C33H39Cl2FN4O5S. The summed E-state index contributed by atoms with van der Waals surface area (Å²) in [7, 11) is -3.60. The number of fused-ring (bicyclic) bond motifs is 6. The highest BCUT2D eigenvalue weighted by molar-refractivity contribution is 7.88. The van der Waals surface area contributed by atoms with Crippen LogP contribution < -0.4 is 20.7 Å². The van der Waals surface area contributed by atoms with Gasteiger partial charge < -0.3 is 15.7 Å². The molecular weight excluding hydrogens is 654 g/mol. The standard InChI is InChI=1S/C33H39Cl2FN4O5S/c1-46(44,45)40-28(42)30-12-15-31(16-13-30,17-14-30)39-27(41)26-24(20-6-5-7-22(35)25(20)36)33(32(38-26)10-3-2-4-11-32)21-9-8-19(34)18-23(21)37-29(33)43/h5-9,18,24,26,28,38,40,42H,2-4,10-17H2,1H3,(H,37,43)(H,39,41)/t24-,26+,28?,30?,31?,33+/m0/s1. The van der Waals surface area contributed by atoms with Gasteiger partial charge in [-0.2, -0.15) is 4.72 Å². The van der Waals surface area contributed by atoms with Gasteiger partial charge in [0.05, 0.1) is 17.3 Å². The highest BCUT2D eigenvalue weighted by Gasteiger charge is 2.72. The first-order chi connectivity index (χ1) is 21.7. The number of amides is 2. The number of anilines is 1. The Kier molecular flexibility index (Phi) is 7.81. The summed E-state index contributed by atoms with van der Waals surface area (Å²) in [5.41, 5.74) is -1.84. The lowest BCUT2D eigenvalue weighted by Crippen LogP contribution is -2.63. The third-order valence-corrected chi connectivity index (χ3v) is 13.1. The summed E-state index contributed by atoms with van der Waals surface area (Å²) in [5.74, 6) is -2.17. The maximum atomic E-state index is 16.2. The summed E-state index contributed by atoms with van der Waals surface area (Å²) < 4.78 is 42.2. The van der Waals surface area contributed by atoms with E-state index in [1.54, 1.807) is 24.3 Å². The average molecular weight is 694 g/mol. The van der Waals surface area contributed by atoms with Crippen molar-refractivity contribution in [1.82, 2.24) is 15.4 Å². The Balaban J connectivity index is 1.29. The molecule has 2 aromatic rings. The van der Waals surface area contributed by atoms with Crippen LogP contribution in [0.1, 0.15) is 87.7 Å². The molecule has 4 aliphatic carbocycles. The number of carbonyl (C=O) groups excluding carboxylic acids is 2. The van der Waals surface area contributed by atoms with Crippen LogP contribution in [0.5, 0.6) is 0 Å². The van der Waals surface area contributed by atoms with E-state index in [9.17, 15) is 23.1 Å². The largest absolute Gasteiger partial charge is 0.377 e. The fraction of sp³-hybridized carbons (Fsp3) is 0.576. The van der Waals surface area contributed by atoms with E-state index in [1.807, 2.05) is 6.07 Å². The quantitative estimate of drug-likeness (QED) is 0.275. The molecule has 248 valence electrons. The first-order valence-corrected chi connectivity index (χ1v) is 18.7. The van der Waals surface area contributed by atoms with E-state index in [2.05, 4.69) is 20.7 Å². The van der Waals surface area contributed by atoms with E-state index in [0.29, 0.717) is 67.6 Å². The van der Waals surface area contributed by atoms with Crippen molar-refractivity contribution in [2.24, 2.45) is 5.41 Å². The lowest BCUT2D eigenvalue weighted by Gasteiger charge is -2.55. The van der Waals surface area contributed by atoms with Gasteiger partial charge in [0.15, 0.2) is 0 Å². The molecule has 6 aliphatic rings. The number of nitrogens with one attached hydrogen (secondary N) is 4. The number of benzene rings is 2. The van der Waals surface area contributed by atoms with Crippen molar-refractivity contribution in [3.05, 3.63) is 63.4 Å². The highest BCUT2D eigenvalue weighted by atomic mass is 35.5. The SMILES string of the molecule is CS(=O)(=O)NC(O)C12CCC(NC(=O)[C@@H]3NC4(CCCCC4)[C@@]4(C(=O)Nc5cc(Cl)ccc54)[C@H]3c3cccc(Cl)c3F)(CC1)CC2. The van der Waals surface area contributed by atoms with Crippen molar-refractivity contribution < 1.29 is 27.5 Å². The molecule has 2 spiro atoms. The summed E-state index contributed by atoms with van der Waals surface area (Å²) in [5, 5.41) is 21.3. The molecule has 2 heterocycles. The maximum Gasteiger partial charge on any atom is 0.238 e. The van der Waals surface area contributed by atoms with Crippen LogP contribution in [-0.2, 0) is 25.0 Å². The first-order valence-electron chi connectivity index (χ1n) is 16.1. The van der Waals surface area contributed by atoms with Gasteiger partial charge in [0.2, 0.25) is 21.8 Å². The van der Waals surface area contributed by atoms with Crippen LogP contribution in [0.4, 0.5) is 10.1 Å². The molecule has 1 unspecified atom stereocenters. The predicted molar refractivity (Wildman–Crippen MR) is 174 cm³/mol. The van der Waals surface area contributed by atoms with Gasteiger partial charge in [0, 0.05) is 33.1 Å². The molecule has 0 aromatic heterocycles. The lowest BCUT2D eigenvalue weighted by atomic mass is 9.55. The summed E-state index contributed by atoms with van der Waals surface area (Å²) in [6, 6.07) is 9.07. The number of hydrogen-bond acceptors (Lipinski definition) is 6. The minimum Gasteiger partial charge on any atom is -0.377 e. The zero-order valence-electron chi connectivity index (χ0n) is 25.6. The number of rotatable bonds is 6. The minimum absolute atomic E-state index is 0.0816. The van der Waals surface area contributed by atoms with Crippen LogP contribution in [-0.4, -0.2) is 54.9 Å². The molecule has 5 fully saturated rings. The van der Waals surface area contributed by atoms with Crippen molar-refractivity contribution >= 4 is 50.7 Å². The fourth-order valence-corrected chi connectivity index (χ4v) is 10.7. The number of carbonyl (C=O) groups is 2. The van der Waals surface area contributed by atoms with Gasteiger partial charge in [0.1, 0.15) is 17.5 Å². The second kappa shape index (κ2) is 11.1. The summed E-state index contributed by atoms with van der Waals surface area (Å²) in [4.78, 5) is 29.2. The Labute approximate surface area is 278 Å².